The maximum absolute atomic E-state index is 10.9. The number of carbonyl (C=O) groups is 1. The van der Waals surface area contributed by atoms with Crippen LogP contribution in [0.5, 0.6) is 0 Å². The average molecular weight is 225 g/mol. The third-order valence-corrected chi connectivity index (χ3v) is 1.41. The molecule has 0 fully saturated rings. The summed E-state index contributed by atoms with van der Waals surface area (Å²) in [6, 6.07) is 0. The van der Waals surface area contributed by atoms with E-state index in [1.165, 1.54) is 7.11 Å². The second kappa shape index (κ2) is 5.55. The zero-order chi connectivity index (χ0) is 8.85. The summed E-state index contributed by atoms with van der Waals surface area (Å²) in [5.74, 6) is -0.321. The second-order valence-corrected chi connectivity index (χ2v) is 3.85. The number of carbonyl (C=O) groups excluding carboxylic acids is 1. The molecule has 0 aromatic heterocycles. The summed E-state index contributed by atoms with van der Waals surface area (Å²) >= 11 is 3.26. The van der Waals surface area contributed by atoms with Gasteiger partial charge in [0.2, 0.25) is 0 Å². The molecular formula is C7H13BrO3. The molecule has 11 heavy (non-hydrogen) atoms. The SMILES string of the molecule is COC(C)C(=O)OCC(C)Br. The van der Waals surface area contributed by atoms with Crippen LogP contribution in [-0.4, -0.2) is 30.6 Å². The van der Waals surface area contributed by atoms with Crippen LogP contribution >= 0.6 is 15.9 Å². The van der Waals surface area contributed by atoms with Crippen LogP contribution in [0.1, 0.15) is 13.8 Å². The van der Waals surface area contributed by atoms with E-state index < -0.39 is 6.10 Å². The molecule has 0 heterocycles. The number of halogens is 1. The van der Waals surface area contributed by atoms with Gasteiger partial charge in [-0.2, -0.15) is 0 Å². The zero-order valence-corrected chi connectivity index (χ0v) is 8.55. The molecule has 0 saturated carbocycles. The number of hydrogen-bond acceptors (Lipinski definition) is 3. The normalized spacial score (nSPS) is 15.6. The van der Waals surface area contributed by atoms with Crippen molar-refractivity contribution in [2.75, 3.05) is 13.7 Å². The maximum atomic E-state index is 10.9. The van der Waals surface area contributed by atoms with Crippen molar-refractivity contribution in [2.45, 2.75) is 24.8 Å². The van der Waals surface area contributed by atoms with E-state index in [1.807, 2.05) is 6.92 Å². The fourth-order valence-electron chi connectivity index (χ4n) is 0.411. The Morgan fingerprint density at radius 3 is 2.45 bits per heavy atom. The summed E-state index contributed by atoms with van der Waals surface area (Å²) in [6.45, 7) is 3.94. The Labute approximate surface area is 75.2 Å². The molecule has 0 saturated heterocycles. The number of methoxy groups -OCH3 is 1. The minimum atomic E-state index is -0.471. The zero-order valence-electron chi connectivity index (χ0n) is 6.96. The first-order valence-electron chi connectivity index (χ1n) is 3.41. The molecule has 2 atom stereocenters. The number of esters is 1. The Bertz CT molecular complexity index is 125. The molecule has 66 valence electrons. The van der Waals surface area contributed by atoms with Crippen molar-refractivity contribution >= 4 is 21.9 Å². The van der Waals surface area contributed by atoms with Crippen molar-refractivity contribution in [3.8, 4) is 0 Å². The highest BCUT2D eigenvalue weighted by Crippen LogP contribution is 1.99. The first-order valence-corrected chi connectivity index (χ1v) is 4.33. The van der Waals surface area contributed by atoms with Gasteiger partial charge in [0.05, 0.1) is 0 Å². The molecule has 0 bridgehead atoms. The number of alkyl halides is 1. The highest BCUT2D eigenvalue weighted by molar-refractivity contribution is 9.09. The van der Waals surface area contributed by atoms with Gasteiger partial charge in [0.1, 0.15) is 6.61 Å². The van der Waals surface area contributed by atoms with Crippen molar-refractivity contribution in [3.63, 3.8) is 0 Å². The van der Waals surface area contributed by atoms with Crippen LogP contribution in [0.15, 0.2) is 0 Å². The summed E-state index contributed by atoms with van der Waals surface area (Å²) in [5.41, 5.74) is 0. The largest absolute Gasteiger partial charge is 0.463 e. The average Bonchev–Trinajstić information content (AvgIpc) is 1.98. The molecule has 4 heteroatoms. The van der Waals surface area contributed by atoms with E-state index >= 15 is 0 Å². The van der Waals surface area contributed by atoms with Gasteiger partial charge in [-0.05, 0) is 13.8 Å². The highest BCUT2D eigenvalue weighted by atomic mass is 79.9. The van der Waals surface area contributed by atoms with Gasteiger partial charge in [-0.1, -0.05) is 15.9 Å². The first kappa shape index (κ1) is 10.9. The van der Waals surface area contributed by atoms with Crippen molar-refractivity contribution < 1.29 is 14.3 Å². The van der Waals surface area contributed by atoms with E-state index in [0.29, 0.717) is 6.61 Å². The summed E-state index contributed by atoms with van der Waals surface area (Å²) in [7, 11) is 1.48. The quantitative estimate of drug-likeness (QED) is 0.535. The lowest BCUT2D eigenvalue weighted by Crippen LogP contribution is -2.23. The van der Waals surface area contributed by atoms with Crippen LogP contribution in [0.4, 0.5) is 0 Å². The Morgan fingerprint density at radius 1 is 1.55 bits per heavy atom. The van der Waals surface area contributed by atoms with Crippen LogP contribution in [0.25, 0.3) is 0 Å². The number of rotatable bonds is 4. The van der Waals surface area contributed by atoms with Crippen LogP contribution in [0, 0.1) is 0 Å². The molecular weight excluding hydrogens is 212 g/mol. The second-order valence-electron chi connectivity index (χ2n) is 2.29. The summed E-state index contributed by atoms with van der Waals surface area (Å²) in [6.07, 6.45) is -0.471. The van der Waals surface area contributed by atoms with E-state index in [9.17, 15) is 4.79 Å². The third-order valence-electron chi connectivity index (χ3n) is 1.14. The van der Waals surface area contributed by atoms with Crippen LogP contribution in [-0.2, 0) is 14.3 Å². The molecule has 0 aliphatic heterocycles. The van der Waals surface area contributed by atoms with E-state index in [1.54, 1.807) is 6.92 Å². The molecule has 0 aliphatic rings. The molecule has 0 N–H and O–H groups in total. The first-order chi connectivity index (χ1) is 5.07. The molecule has 0 amide bonds. The van der Waals surface area contributed by atoms with Crippen molar-refractivity contribution in [2.24, 2.45) is 0 Å². The Kier molecular flexibility index (Phi) is 5.50. The fourth-order valence-corrected chi connectivity index (χ4v) is 0.543. The highest BCUT2D eigenvalue weighted by Gasteiger charge is 2.13. The van der Waals surface area contributed by atoms with Crippen molar-refractivity contribution in [3.05, 3.63) is 0 Å². The van der Waals surface area contributed by atoms with Crippen LogP contribution in [0.2, 0.25) is 0 Å². The molecule has 0 rings (SSSR count). The Morgan fingerprint density at radius 2 is 2.09 bits per heavy atom. The Balaban J connectivity index is 3.52. The summed E-state index contributed by atoms with van der Waals surface area (Å²) < 4.78 is 9.60. The topological polar surface area (TPSA) is 35.5 Å². The lowest BCUT2D eigenvalue weighted by Gasteiger charge is -2.10. The van der Waals surface area contributed by atoms with Crippen LogP contribution < -0.4 is 0 Å². The van der Waals surface area contributed by atoms with E-state index in [-0.39, 0.29) is 10.8 Å². The maximum Gasteiger partial charge on any atom is 0.334 e. The van der Waals surface area contributed by atoms with Gasteiger partial charge < -0.3 is 9.47 Å². The van der Waals surface area contributed by atoms with Crippen molar-refractivity contribution in [1.29, 1.82) is 0 Å². The number of ether oxygens (including phenoxy) is 2. The summed E-state index contributed by atoms with van der Waals surface area (Å²) in [5, 5.41) is 0. The van der Waals surface area contributed by atoms with E-state index in [2.05, 4.69) is 15.9 Å². The van der Waals surface area contributed by atoms with Gasteiger partial charge in [0, 0.05) is 11.9 Å². The Hall–Kier alpha value is -0.0900. The molecule has 0 aliphatic carbocycles. The van der Waals surface area contributed by atoms with E-state index in [0.717, 1.165) is 0 Å². The van der Waals surface area contributed by atoms with Gasteiger partial charge in [0.15, 0.2) is 6.10 Å². The van der Waals surface area contributed by atoms with Gasteiger partial charge in [-0.25, -0.2) is 4.79 Å². The molecule has 0 radical (unpaired) electrons. The smallest absolute Gasteiger partial charge is 0.334 e. The fraction of sp³-hybridized carbons (Fsp3) is 0.857. The lowest BCUT2D eigenvalue weighted by molar-refractivity contribution is -0.154. The lowest BCUT2D eigenvalue weighted by atomic mass is 10.4. The van der Waals surface area contributed by atoms with Gasteiger partial charge in [-0.15, -0.1) is 0 Å². The monoisotopic (exact) mass is 224 g/mol. The number of hydrogen-bond donors (Lipinski definition) is 0. The van der Waals surface area contributed by atoms with Gasteiger partial charge >= 0.3 is 5.97 Å². The van der Waals surface area contributed by atoms with Gasteiger partial charge in [-0.3, -0.25) is 0 Å². The minimum Gasteiger partial charge on any atom is -0.463 e. The van der Waals surface area contributed by atoms with Gasteiger partial charge in [0.25, 0.3) is 0 Å². The predicted octanol–water partition coefficient (Wildman–Crippen LogP) is 1.35. The standard InChI is InChI=1S/C7H13BrO3/c1-5(8)4-11-7(9)6(2)10-3/h5-6H,4H2,1-3H3. The molecule has 3 nitrogen and oxygen atoms in total. The summed E-state index contributed by atoms with van der Waals surface area (Å²) in [4.78, 5) is 11.1. The molecule has 0 aromatic carbocycles. The molecule has 0 aromatic rings. The predicted molar refractivity (Wildman–Crippen MR) is 45.8 cm³/mol. The minimum absolute atomic E-state index is 0.190. The molecule has 0 spiro atoms. The third kappa shape index (κ3) is 5.21. The van der Waals surface area contributed by atoms with Crippen molar-refractivity contribution in [1.82, 2.24) is 0 Å². The molecule has 2 unspecified atom stereocenters. The van der Waals surface area contributed by atoms with E-state index in [4.69, 9.17) is 9.47 Å². The van der Waals surface area contributed by atoms with Crippen LogP contribution in [0.3, 0.4) is 0 Å².